The van der Waals surface area contributed by atoms with Crippen LogP contribution in [0.2, 0.25) is 0 Å². The minimum Gasteiger partial charge on any atom is -0.331 e. The van der Waals surface area contributed by atoms with Gasteiger partial charge in [-0.1, -0.05) is 37.5 Å². The molecule has 4 nitrogen and oxygen atoms in total. The van der Waals surface area contributed by atoms with E-state index in [-0.39, 0.29) is 10.3 Å². The molecule has 1 aromatic rings. The first-order valence-corrected chi connectivity index (χ1v) is 5.43. The molecule has 0 spiro atoms. The molecular weight excluding hydrogens is 246 g/mol. The lowest BCUT2D eigenvalue weighted by Gasteiger charge is -1.97. The molecule has 5 heteroatoms. The van der Waals surface area contributed by atoms with Crippen molar-refractivity contribution in [3.8, 4) is 6.07 Å². The van der Waals surface area contributed by atoms with Crippen LogP contribution in [0.4, 0.5) is 0 Å². The molecule has 0 atom stereocenters. The summed E-state index contributed by atoms with van der Waals surface area (Å²) in [6.07, 6.45) is 8.30. The number of nitrogens with one attached hydrogen (secondary N) is 2. The van der Waals surface area contributed by atoms with Gasteiger partial charge in [-0.05, 0) is 23.9 Å². The number of nitriles is 1. The molecule has 0 aliphatic heterocycles. The maximum atomic E-state index is 11.5. The Morgan fingerprint density at radius 1 is 1.39 bits per heavy atom. The van der Waals surface area contributed by atoms with Gasteiger partial charge in [0.1, 0.15) is 11.6 Å². The molecule has 1 heterocycles. The van der Waals surface area contributed by atoms with Crippen LogP contribution >= 0.6 is 12.2 Å². The number of hydrogen-bond acceptors (Lipinski definition) is 3. The quantitative estimate of drug-likeness (QED) is 0.643. The molecule has 18 heavy (non-hydrogen) atoms. The fourth-order valence-corrected chi connectivity index (χ4v) is 1.45. The van der Waals surface area contributed by atoms with Crippen molar-refractivity contribution in [2.24, 2.45) is 0 Å². The standard InChI is InChI=1S/C13H11N3OS/c1-3-5-9(4-2)6-7-11-10(8-14)12(17)16-13(18)15-11/h3-7H,1-2H2,(H2,15,16,17,18)/b7-6+,9-5+. The molecule has 0 bridgehead atoms. The number of allylic oxidation sites excluding steroid dienone is 5. The summed E-state index contributed by atoms with van der Waals surface area (Å²) in [5.74, 6) is 0. The SMILES string of the molecule is C=C/C=C(C=C)/C=C/c1[nH]c(=S)[nH]c(=O)c1C#N. The molecule has 0 saturated heterocycles. The van der Waals surface area contributed by atoms with Gasteiger partial charge in [0.05, 0.1) is 5.69 Å². The molecule has 90 valence electrons. The molecular formula is C13H11N3OS. The normalized spacial score (nSPS) is 11.2. The van der Waals surface area contributed by atoms with E-state index < -0.39 is 5.56 Å². The zero-order valence-electron chi connectivity index (χ0n) is 9.56. The van der Waals surface area contributed by atoms with Crippen molar-refractivity contribution in [1.29, 1.82) is 5.26 Å². The summed E-state index contributed by atoms with van der Waals surface area (Å²) in [6, 6.07) is 1.83. The zero-order chi connectivity index (χ0) is 13.5. The summed E-state index contributed by atoms with van der Waals surface area (Å²) >= 11 is 4.85. The van der Waals surface area contributed by atoms with Crippen molar-refractivity contribution < 1.29 is 0 Å². The second-order valence-electron chi connectivity index (χ2n) is 3.25. The lowest BCUT2D eigenvalue weighted by molar-refractivity contribution is 1.06. The van der Waals surface area contributed by atoms with Crippen molar-refractivity contribution in [3.63, 3.8) is 0 Å². The van der Waals surface area contributed by atoms with Crippen LogP contribution in [0.5, 0.6) is 0 Å². The highest BCUT2D eigenvalue weighted by molar-refractivity contribution is 7.71. The summed E-state index contributed by atoms with van der Waals surface area (Å²) in [7, 11) is 0. The van der Waals surface area contributed by atoms with Crippen LogP contribution in [0.1, 0.15) is 11.3 Å². The highest BCUT2D eigenvalue weighted by Gasteiger charge is 2.04. The number of aromatic nitrogens is 2. The van der Waals surface area contributed by atoms with Gasteiger partial charge in [0.2, 0.25) is 0 Å². The first-order valence-electron chi connectivity index (χ1n) is 5.02. The van der Waals surface area contributed by atoms with Crippen LogP contribution < -0.4 is 5.56 Å². The predicted octanol–water partition coefficient (Wildman–Crippen LogP) is 2.62. The van der Waals surface area contributed by atoms with Crippen LogP contribution in [0.25, 0.3) is 6.08 Å². The Labute approximate surface area is 109 Å². The summed E-state index contributed by atoms with van der Waals surface area (Å²) < 4.78 is 0.173. The van der Waals surface area contributed by atoms with Gasteiger partial charge in [-0.15, -0.1) is 0 Å². The average Bonchev–Trinajstić information content (AvgIpc) is 2.33. The third kappa shape index (κ3) is 3.27. The van der Waals surface area contributed by atoms with Gasteiger partial charge in [-0.25, -0.2) is 0 Å². The highest BCUT2D eigenvalue weighted by Crippen LogP contribution is 2.06. The Hall–Kier alpha value is -2.45. The number of rotatable bonds is 4. The van der Waals surface area contributed by atoms with Gasteiger partial charge >= 0.3 is 0 Å². The summed E-state index contributed by atoms with van der Waals surface area (Å²) in [6.45, 7) is 7.21. The average molecular weight is 257 g/mol. The fourth-order valence-electron chi connectivity index (χ4n) is 1.25. The van der Waals surface area contributed by atoms with Crippen molar-refractivity contribution in [2.45, 2.75) is 0 Å². The lowest BCUT2D eigenvalue weighted by atomic mass is 10.1. The Kier molecular flexibility index (Phi) is 4.78. The predicted molar refractivity (Wildman–Crippen MR) is 74.5 cm³/mol. The summed E-state index contributed by atoms with van der Waals surface area (Å²) in [5, 5.41) is 8.91. The van der Waals surface area contributed by atoms with E-state index in [0.717, 1.165) is 5.57 Å². The second kappa shape index (κ2) is 6.33. The minimum atomic E-state index is -0.506. The van der Waals surface area contributed by atoms with E-state index in [1.807, 2.05) is 6.07 Å². The zero-order valence-corrected chi connectivity index (χ0v) is 10.4. The number of nitrogens with zero attached hydrogens (tertiary/aromatic N) is 1. The van der Waals surface area contributed by atoms with Gasteiger partial charge in [0.15, 0.2) is 4.77 Å². The second-order valence-corrected chi connectivity index (χ2v) is 3.66. The Bertz CT molecular complexity index is 683. The largest absolute Gasteiger partial charge is 0.331 e. The van der Waals surface area contributed by atoms with E-state index in [4.69, 9.17) is 17.5 Å². The summed E-state index contributed by atoms with van der Waals surface area (Å²) in [4.78, 5) is 16.6. The lowest BCUT2D eigenvalue weighted by Crippen LogP contribution is -2.13. The molecule has 0 aliphatic rings. The number of hydrogen-bond donors (Lipinski definition) is 2. The maximum Gasteiger partial charge on any atom is 0.270 e. The Morgan fingerprint density at radius 2 is 2.11 bits per heavy atom. The van der Waals surface area contributed by atoms with E-state index in [9.17, 15) is 4.79 Å². The van der Waals surface area contributed by atoms with Crippen LogP contribution in [0.15, 0.2) is 47.8 Å². The molecule has 2 N–H and O–H groups in total. The third-order valence-corrected chi connectivity index (χ3v) is 2.28. The Morgan fingerprint density at radius 3 is 2.67 bits per heavy atom. The first kappa shape index (κ1) is 13.6. The number of aromatic amines is 2. The van der Waals surface area contributed by atoms with Crippen molar-refractivity contribution in [1.82, 2.24) is 9.97 Å². The molecule has 0 amide bonds. The van der Waals surface area contributed by atoms with Crippen LogP contribution in [0, 0.1) is 16.1 Å². The van der Waals surface area contributed by atoms with Crippen LogP contribution in [-0.4, -0.2) is 9.97 Å². The fraction of sp³-hybridized carbons (Fsp3) is 0. The molecule has 0 aromatic carbocycles. The monoisotopic (exact) mass is 257 g/mol. The molecule has 1 aromatic heterocycles. The number of H-pyrrole nitrogens is 2. The molecule has 0 unspecified atom stereocenters. The molecule has 0 radical (unpaired) electrons. The molecule has 0 saturated carbocycles. The minimum absolute atomic E-state index is 0.0122. The van der Waals surface area contributed by atoms with Crippen LogP contribution in [0.3, 0.4) is 0 Å². The molecule has 1 rings (SSSR count). The van der Waals surface area contributed by atoms with Gasteiger partial charge in [0, 0.05) is 0 Å². The topological polar surface area (TPSA) is 72.4 Å². The van der Waals surface area contributed by atoms with Crippen LogP contribution in [-0.2, 0) is 0 Å². The first-order chi connectivity index (χ1) is 8.62. The molecule has 0 aliphatic carbocycles. The van der Waals surface area contributed by atoms with Crippen molar-refractivity contribution in [2.75, 3.05) is 0 Å². The van der Waals surface area contributed by atoms with Gasteiger partial charge in [-0.2, -0.15) is 5.26 Å². The van der Waals surface area contributed by atoms with E-state index in [1.54, 1.807) is 30.4 Å². The van der Waals surface area contributed by atoms with Crippen molar-refractivity contribution in [3.05, 3.63) is 69.4 Å². The highest BCUT2D eigenvalue weighted by atomic mass is 32.1. The molecule has 0 fully saturated rings. The van der Waals surface area contributed by atoms with Gasteiger partial charge in [0.25, 0.3) is 5.56 Å². The maximum absolute atomic E-state index is 11.5. The van der Waals surface area contributed by atoms with Gasteiger partial charge in [-0.3, -0.25) is 9.78 Å². The third-order valence-electron chi connectivity index (χ3n) is 2.07. The van der Waals surface area contributed by atoms with Gasteiger partial charge < -0.3 is 4.98 Å². The van der Waals surface area contributed by atoms with E-state index in [1.165, 1.54) is 0 Å². The van der Waals surface area contributed by atoms with E-state index >= 15 is 0 Å². The van der Waals surface area contributed by atoms with E-state index in [2.05, 4.69) is 23.1 Å². The summed E-state index contributed by atoms with van der Waals surface area (Å²) in [5.41, 5.74) is 0.646. The smallest absolute Gasteiger partial charge is 0.270 e. The Balaban J connectivity index is 3.32. The van der Waals surface area contributed by atoms with E-state index in [0.29, 0.717) is 5.69 Å². The van der Waals surface area contributed by atoms with Crippen molar-refractivity contribution >= 4 is 18.3 Å².